The summed E-state index contributed by atoms with van der Waals surface area (Å²) in [6.45, 7) is 5.81. The third-order valence-electron chi connectivity index (χ3n) is 9.59. The SMILES string of the molecule is CC(C)(C)OC(=O)NC1(c2ccc(-c3c(-c4ccc(C(=O)OCc5ccccc5)cc4)nc4n3-c3cccnc3Nc3ccccc3-4)cc2)CCC1. The second kappa shape index (κ2) is 13.2. The Balaban J connectivity index is 1.21. The summed E-state index contributed by atoms with van der Waals surface area (Å²) in [6, 6.07) is 37.4. The topological polar surface area (TPSA) is 107 Å². The maximum Gasteiger partial charge on any atom is 0.408 e. The van der Waals surface area contributed by atoms with E-state index in [0.717, 1.165) is 75.7 Å². The molecule has 0 saturated heterocycles. The number of carbonyl (C=O) groups is 2. The number of amides is 1. The number of carbonyl (C=O) groups excluding carboxylic acids is 2. The van der Waals surface area contributed by atoms with Crippen molar-refractivity contribution in [3.05, 3.63) is 138 Å². The first-order chi connectivity index (χ1) is 25.2. The Morgan fingerprint density at radius 3 is 2.27 bits per heavy atom. The molecule has 1 fully saturated rings. The summed E-state index contributed by atoms with van der Waals surface area (Å²) in [5.41, 5.74) is 7.43. The van der Waals surface area contributed by atoms with Gasteiger partial charge in [0.1, 0.15) is 18.0 Å². The molecule has 2 aromatic heterocycles. The molecular formula is C43H39N5O4. The zero-order valence-electron chi connectivity index (χ0n) is 29.4. The fourth-order valence-corrected chi connectivity index (χ4v) is 6.92. The third-order valence-corrected chi connectivity index (χ3v) is 9.59. The number of aromatic nitrogens is 3. The standard InChI is InChI=1S/C43H39N5O4/c1-42(2,3)52-41(50)47-43(24-10-25-43)32-22-20-30(21-23-32)37-36(29-16-18-31(19-17-29)40(49)51-27-28-11-5-4-6-12-28)46-39-33-13-7-8-14-34(33)45-38-35(48(37)39)15-9-26-44-38/h4-9,11-23,26H,10,24-25,27H2,1-3H3,(H,44,45)(H,47,50). The molecule has 1 aliphatic carbocycles. The Morgan fingerprint density at radius 2 is 1.56 bits per heavy atom. The minimum atomic E-state index is -0.589. The van der Waals surface area contributed by atoms with E-state index in [2.05, 4.69) is 45.5 Å². The van der Waals surface area contributed by atoms with Crippen LogP contribution in [0.2, 0.25) is 0 Å². The number of hydrogen-bond donors (Lipinski definition) is 2. The number of nitrogens with one attached hydrogen (secondary N) is 2. The van der Waals surface area contributed by atoms with Gasteiger partial charge in [0, 0.05) is 22.9 Å². The van der Waals surface area contributed by atoms with Crippen LogP contribution in [-0.2, 0) is 21.6 Å². The van der Waals surface area contributed by atoms with Crippen LogP contribution in [0.25, 0.3) is 39.6 Å². The second-order valence-corrected chi connectivity index (χ2v) is 14.3. The normalized spacial score (nSPS) is 14.0. The Hall–Kier alpha value is -6.22. The van der Waals surface area contributed by atoms with Gasteiger partial charge in [-0.1, -0.05) is 78.9 Å². The molecule has 0 spiro atoms. The average Bonchev–Trinajstić information content (AvgIpc) is 3.46. The summed E-state index contributed by atoms with van der Waals surface area (Å²) in [4.78, 5) is 35.9. The summed E-state index contributed by atoms with van der Waals surface area (Å²) >= 11 is 0. The maximum absolute atomic E-state index is 13.0. The van der Waals surface area contributed by atoms with Crippen LogP contribution in [0, 0.1) is 0 Å². The van der Waals surface area contributed by atoms with Crippen LogP contribution in [0.3, 0.4) is 0 Å². The van der Waals surface area contributed by atoms with Gasteiger partial charge in [-0.2, -0.15) is 0 Å². The molecule has 0 radical (unpaired) electrons. The van der Waals surface area contributed by atoms with Crippen LogP contribution in [-0.4, -0.2) is 32.2 Å². The van der Waals surface area contributed by atoms with Gasteiger partial charge in [0.2, 0.25) is 0 Å². The maximum atomic E-state index is 13.0. The smallest absolute Gasteiger partial charge is 0.408 e. The zero-order valence-corrected chi connectivity index (χ0v) is 29.4. The molecule has 52 heavy (non-hydrogen) atoms. The van der Waals surface area contributed by atoms with Crippen LogP contribution in [0.5, 0.6) is 0 Å². The van der Waals surface area contributed by atoms with E-state index in [0.29, 0.717) is 11.4 Å². The summed E-state index contributed by atoms with van der Waals surface area (Å²) in [7, 11) is 0. The lowest BCUT2D eigenvalue weighted by Crippen LogP contribution is -2.52. The van der Waals surface area contributed by atoms with Crippen molar-refractivity contribution >= 4 is 23.6 Å². The van der Waals surface area contributed by atoms with Gasteiger partial charge in [-0.25, -0.2) is 19.6 Å². The van der Waals surface area contributed by atoms with E-state index < -0.39 is 23.2 Å². The number of esters is 1. The van der Waals surface area contributed by atoms with E-state index in [-0.39, 0.29) is 6.61 Å². The van der Waals surface area contributed by atoms with Crippen molar-refractivity contribution < 1.29 is 19.1 Å². The summed E-state index contributed by atoms with van der Waals surface area (Å²) in [6.07, 6.45) is 4.05. The fourth-order valence-electron chi connectivity index (χ4n) is 6.92. The Morgan fingerprint density at radius 1 is 0.846 bits per heavy atom. The lowest BCUT2D eigenvalue weighted by atomic mass is 9.71. The molecule has 2 N–H and O–H groups in total. The number of benzene rings is 4. The number of pyridine rings is 1. The van der Waals surface area contributed by atoms with Gasteiger partial charge < -0.3 is 20.1 Å². The summed E-state index contributed by atoms with van der Waals surface area (Å²) in [5, 5.41) is 6.70. The number of nitrogens with zero attached hydrogens (tertiary/aromatic N) is 3. The van der Waals surface area contributed by atoms with Crippen LogP contribution in [0.4, 0.5) is 16.3 Å². The number of alkyl carbamates (subject to hydrolysis) is 1. The molecule has 2 aliphatic rings. The lowest BCUT2D eigenvalue weighted by molar-refractivity contribution is 0.0376. The molecule has 0 bridgehead atoms. The van der Waals surface area contributed by atoms with Gasteiger partial charge >= 0.3 is 12.1 Å². The first-order valence-corrected chi connectivity index (χ1v) is 17.6. The monoisotopic (exact) mass is 689 g/mol. The van der Waals surface area contributed by atoms with Gasteiger partial charge in [-0.3, -0.25) is 4.57 Å². The molecule has 4 aromatic carbocycles. The van der Waals surface area contributed by atoms with Crippen LogP contribution >= 0.6 is 0 Å². The van der Waals surface area contributed by atoms with Crippen molar-refractivity contribution in [3.8, 4) is 39.6 Å². The number of para-hydroxylation sites is 1. The Kier molecular flexibility index (Phi) is 8.34. The molecule has 0 unspecified atom stereocenters. The highest BCUT2D eigenvalue weighted by atomic mass is 16.6. The van der Waals surface area contributed by atoms with Crippen molar-refractivity contribution in [1.82, 2.24) is 19.9 Å². The Labute approximate surface area is 302 Å². The molecule has 1 aliphatic heterocycles. The summed E-state index contributed by atoms with van der Waals surface area (Å²) in [5.74, 6) is 1.08. The molecular weight excluding hydrogens is 651 g/mol. The highest BCUT2D eigenvalue weighted by Crippen LogP contribution is 2.46. The molecule has 9 heteroatoms. The molecule has 9 nitrogen and oxygen atoms in total. The predicted octanol–water partition coefficient (Wildman–Crippen LogP) is 9.59. The Bertz CT molecular complexity index is 2270. The summed E-state index contributed by atoms with van der Waals surface area (Å²) < 4.78 is 13.4. The number of fused-ring (bicyclic) bond motifs is 5. The van der Waals surface area contributed by atoms with E-state index in [4.69, 9.17) is 19.4 Å². The number of hydrogen-bond acceptors (Lipinski definition) is 7. The molecule has 8 rings (SSSR count). The van der Waals surface area contributed by atoms with Gasteiger partial charge in [0.15, 0.2) is 5.82 Å². The van der Waals surface area contributed by atoms with Crippen molar-refractivity contribution in [3.63, 3.8) is 0 Å². The minimum Gasteiger partial charge on any atom is -0.457 e. The number of imidazole rings is 1. The van der Waals surface area contributed by atoms with E-state index in [1.54, 1.807) is 18.3 Å². The molecule has 1 amide bonds. The first kappa shape index (κ1) is 33.0. The quantitative estimate of drug-likeness (QED) is 0.161. The van der Waals surface area contributed by atoms with E-state index in [1.165, 1.54) is 0 Å². The second-order valence-electron chi connectivity index (χ2n) is 14.3. The van der Waals surface area contributed by atoms with Crippen LogP contribution in [0.1, 0.15) is 61.5 Å². The van der Waals surface area contributed by atoms with Crippen molar-refractivity contribution in [1.29, 1.82) is 0 Å². The highest BCUT2D eigenvalue weighted by molar-refractivity contribution is 5.93. The van der Waals surface area contributed by atoms with Crippen molar-refractivity contribution in [2.45, 2.75) is 57.8 Å². The molecule has 3 heterocycles. The van der Waals surface area contributed by atoms with Crippen LogP contribution in [0.15, 0.2) is 121 Å². The van der Waals surface area contributed by atoms with E-state index >= 15 is 0 Å². The van der Waals surface area contributed by atoms with Gasteiger partial charge in [-0.05, 0) is 87.6 Å². The van der Waals surface area contributed by atoms with E-state index in [9.17, 15) is 9.59 Å². The van der Waals surface area contributed by atoms with E-state index in [1.807, 2.05) is 93.6 Å². The van der Waals surface area contributed by atoms with Crippen LogP contribution < -0.4 is 10.6 Å². The number of ether oxygens (including phenoxy) is 2. The largest absolute Gasteiger partial charge is 0.457 e. The van der Waals surface area contributed by atoms with Gasteiger partial charge in [0.05, 0.1) is 33.9 Å². The molecule has 6 aromatic rings. The molecule has 0 atom stereocenters. The fraction of sp³-hybridized carbons (Fsp3) is 0.209. The molecule has 1 saturated carbocycles. The number of anilines is 2. The number of rotatable bonds is 7. The highest BCUT2D eigenvalue weighted by Gasteiger charge is 2.41. The van der Waals surface area contributed by atoms with Gasteiger partial charge in [0.25, 0.3) is 0 Å². The van der Waals surface area contributed by atoms with Gasteiger partial charge in [-0.15, -0.1) is 0 Å². The minimum absolute atomic E-state index is 0.199. The first-order valence-electron chi connectivity index (χ1n) is 17.6. The van der Waals surface area contributed by atoms with Crippen molar-refractivity contribution in [2.24, 2.45) is 0 Å². The zero-order chi connectivity index (χ0) is 35.9. The molecule has 260 valence electrons. The lowest BCUT2D eigenvalue weighted by Gasteiger charge is -2.43. The third kappa shape index (κ3) is 6.30. The predicted molar refractivity (Wildman–Crippen MR) is 201 cm³/mol. The average molecular weight is 690 g/mol. The van der Waals surface area contributed by atoms with Crippen molar-refractivity contribution in [2.75, 3.05) is 5.32 Å².